The fourth-order valence-electron chi connectivity index (χ4n) is 1.93. The maximum absolute atomic E-state index is 12.3. The topological polar surface area (TPSA) is 96.3 Å². The normalized spacial score (nSPS) is 10.6. The molecule has 0 fully saturated rings. The van der Waals surface area contributed by atoms with Crippen LogP contribution in [-0.2, 0) is 9.84 Å². The molecule has 1 N–H and O–H groups in total. The van der Waals surface area contributed by atoms with Crippen molar-refractivity contribution in [3.8, 4) is 11.8 Å². The lowest BCUT2D eigenvalue weighted by Crippen LogP contribution is -2.15. The predicted molar refractivity (Wildman–Crippen MR) is 85.1 cm³/mol. The third-order valence-corrected chi connectivity index (χ3v) is 4.10. The second-order valence-corrected chi connectivity index (χ2v) is 6.68. The first-order valence-corrected chi connectivity index (χ1v) is 8.51. The zero-order valence-corrected chi connectivity index (χ0v) is 13.1. The summed E-state index contributed by atoms with van der Waals surface area (Å²) in [5, 5.41) is 11.1. The van der Waals surface area contributed by atoms with Crippen molar-refractivity contribution in [1.82, 2.24) is 0 Å². The van der Waals surface area contributed by atoms with Crippen molar-refractivity contribution in [1.29, 1.82) is 5.26 Å². The molecular formula is C16H14N2O4S. The lowest BCUT2D eigenvalue weighted by atomic mass is 10.2. The summed E-state index contributed by atoms with van der Waals surface area (Å²) < 4.78 is 28.6. The molecule has 0 atom stereocenters. The molecule has 6 nitrogen and oxygen atoms in total. The van der Waals surface area contributed by atoms with Gasteiger partial charge < -0.3 is 10.1 Å². The number of ether oxygens (including phenoxy) is 1. The van der Waals surface area contributed by atoms with E-state index in [1.54, 1.807) is 36.4 Å². The van der Waals surface area contributed by atoms with Crippen molar-refractivity contribution in [3.05, 3.63) is 54.1 Å². The highest BCUT2D eigenvalue weighted by atomic mass is 32.2. The van der Waals surface area contributed by atoms with Gasteiger partial charge in [-0.2, -0.15) is 5.26 Å². The third kappa shape index (κ3) is 4.31. The number of carbonyl (C=O) groups excluding carboxylic acids is 1. The van der Waals surface area contributed by atoms with Gasteiger partial charge in [0.25, 0.3) is 5.91 Å². The number of nitrogens with one attached hydrogen (secondary N) is 1. The van der Waals surface area contributed by atoms with Crippen molar-refractivity contribution < 1.29 is 17.9 Å². The minimum atomic E-state index is -3.50. The fraction of sp³-hybridized carbons (Fsp3) is 0.125. The van der Waals surface area contributed by atoms with E-state index >= 15 is 0 Å². The van der Waals surface area contributed by atoms with Gasteiger partial charge in [-0.1, -0.05) is 12.1 Å². The Bertz CT molecular complexity index is 852. The Morgan fingerprint density at radius 1 is 1.17 bits per heavy atom. The maximum Gasteiger partial charge on any atom is 0.256 e. The lowest BCUT2D eigenvalue weighted by Gasteiger charge is -2.09. The summed E-state index contributed by atoms with van der Waals surface area (Å²) in [5.74, 6) is -0.0159. The second-order valence-electron chi connectivity index (χ2n) is 4.69. The molecule has 2 aromatic rings. The van der Waals surface area contributed by atoms with Crippen molar-refractivity contribution in [2.45, 2.75) is 4.90 Å². The Labute approximate surface area is 134 Å². The van der Waals surface area contributed by atoms with Crippen LogP contribution in [0.3, 0.4) is 0 Å². The summed E-state index contributed by atoms with van der Waals surface area (Å²) in [6.45, 7) is -0.0621. The van der Waals surface area contributed by atoms with E-state index in [-0.39, 0.29) is 17.1 Å². The number of hydrogen-bond donors (Lipinski definition) is 1. The summed E-state index contributed by atoms with van der Waals surface area (Å²) in [4.78, 5) is 12.3. The zero-order chi connectivity index (χ0) is 16.9. The van der Waals surface area contributed by atoms with Crippen LogP contribution in [0.4, 0.5) is 5.69 Å². The first-order valence-electron chi connectivity index (χ1n) is 6.62. The van der Waals surface area contributed by atoms with Gasteiger partial charge in [0.05, 0.1) is 10.5 Å². The maximum atomic E-state index is 12.3. The number of nitrogens with zero attached hydrogens (tertiary/aromatic N) is 1. The van der Waals surface area contributed by atoms with Crippen LogP contribution in [0.25, 0.3) is 0 Å². The Morgan fingerprint density at radius 3 is 2.43 bits per heavy atom. The highest BCUT2D eigenvalue weighted by Gasteiger charge is 2.18. The Hall–Kier alpha value is -2.85. The molecule has 0 aliphatic heterocycles. The van der Waals surface area contributed by atoms with Gasteiger partial charge in [-0.15, -0.1) is 0 Å². The van der Waals surface area contributed by atoms with Gasteiger partial charge in [-0.05, 0) is 36.4 Å². The molecule has 0 radical (unpaired) electrons. The van der Waals surface area contributed by atoms with Crippen LogP contribution in [0.1, 0.15) is 10.4 Å². The molecule has 0 heterocycles. The summed E-state index contributed by atoms with van der Waals surface area (Å²) in [6, 6.07) is 14.3. The SMILES string of the molecule is CS(=O)(=O)c1ccccc1C(=O)Nc1ccc(OCC#N)cc1. The first-order chi connectivity index (χ1) is 10.9. The van der Waals surface area contributed by atoms with Gasteiger partial charge >= 0.3 is 0 Å². The monoisotopic (exact) mass is 330 g/mol. The molecule has 0 saturated heterocycles. The van der Waals surface area contributed by atoms with E-state index in [4.69, 9.17) is 10.00 Å². The molecule has 0 aliphatic rings. The minimum absolute atomic E-state index is 0.0218. The molecule has 0 bridgehead atoms. The molecule has 2 rings (SSSR count). The van der Waals surface area contributed by atoms with Gasteiger partial charge in [0.1, 0.15) is 11.8 Å². The summed E-state index contributed by atoms with van der Waals surface area (Å²) in [5.41, 5.74) is 0.572. The van der Waals surface area contributed by atoms with Crippen LogP contribution in [0.2, 0.25) is 0 Å². The van der Waals surface area contributed by atoms with E-state index in [1.807, 2.05) is 6.07 Å². The standard InChI is InChI=1S/C16H14N2O4S/c1-23(20,21)15-5-3-2-4-14(15)16(19)18-12-6-8-13(9-7-12)22-11-10-17/h2-9H,11H2,1H3,(H,18,19). The van der Waals surface area contributed by atoms with Crippen LogP contribution in [0, 0.1) is 11.3 Å². The molecule has 0 saturated carbocycles. The molecule has 0 unspecified atom stereocenters. The Balaban J connectivity index is 2.19. The summed E-state index contributed by atoms with van der Waals surface area (Å²) in [7, 11) is -3.50. The number of rotatable bonds is 5. The van der Waals surface area contributed by atoms with Gasteiger partial charge in [0.2, 0.25) is 0 Å². The average molecular weight is 330 g/mol. The zero-order valence-electron chi connectivity index (χ0n) is 12.3. The van der Waals surface area contributed by atoms with Crippen LogP contribution in [0.5, 0.6) is 5.75 Å². The van der Waals surface area contributed by atoms with Gasteiger partial charge in [-0.3, -0.25) is 4.79 Å². The molecule has 0 aliphatic carbocycles. The summed E-state index contributed by atoms with van der Waals surface area (Å²) >= 11 is 0. The number of benzene rings is 2. The number of nitriles is 1. The number of hydrogen-bond acceptors (Lipinski definition) is 5. The van der Waals surface area contributed by atoms with E-state index < -0.39 is 15.7 Å². The van der Waals surface area contributed by atoms with Crippen LogP contribution < -0.4 is 10.1 Å². The molecule has 0 aromatic heterocycles. The van der Waals surface area contributed by atoms with Crippen molar-refractivity contribution in [2.24, 2.45) is 0 Å². The van der Waals surface area contributed by atoms with Crippen molar-refractivity contribution >= 4 is 21.4 Å². The highest BCUT2D eigenvalue weighted by Crippen LogP contribution is 2.19. The van der Waals surface area contributed by atoms with E-state index in [0.29, 0.717) is 11.4 Å². The van der Waals surface area contributed by atoms with E-state index in [0.717, 1.165) is 6.26 Å². The Kier molecular flexibility index (Phi) is 4.98. The molecule has 2 aromatic carbocycles. The van der Waals surface area contributed by atoms with Crippen LogP contribution in [-0.4, -0.2) is 27.2 Å². The highest BCUT2D eigenvalue weighted by molar-refractivity contribution is 7.90. The lowest BCUT2D eigenvalue weighted by molar-refractivity contribution is 0.102. The van der Waals surface area contributed by atoms with Crippen LogP contribution >= 0.6 is 0 Å². The third-order valence-electron chi connectivity index (χ3n) is 2.95. The quantitative estimate of drug-likeness (QED) is 0.907. The molecule has 1 amide bonds. The molecule has 118 valence electrons. The average Bonchev–Trinajstić information content (AvgIpc) is 2.53. The van der Waals surface area contributed by atoms with Crippen molar-refractivity contribution in [2.75, 3.05) is 18.2 Å². The van der Waals surface area contributed by atoms with Gasteiger partial charge in [0.15, 0.2) is 16.4 Å². The Morgan fingerprint density at radius 2 is 1.83 bits per heavy atom. The largest absolute Gasteiger partial charge is 0.479 e. The second kappa shape index (κ2) is 6.94. The molecule has 23 heavy (non-hydrogen) atoms. The van der Waals surface area contributed by atoms with Gasteiger partial charge in [0, 0.05) is 11.9 Å². The number of anilines is 1. The van der Waals surface area contributed by atoms with E-state index in [9.17, 15) is 13.2 Å². The number of amides is 1. The number of sulfone groups is 1. The van der Waals surface area contributed by atoms with E-state index in [2.05, 4.69) is 5.32 Å². The predicted octanol–water partition coefficient (Wildman–Crippen LogP) is 2.24. The minimum Gasteiger partial charge on any atom is -0.479 e. The number of carbonyl (C=O) groups is 1. The van der Waals surface area contributed by atoms with Gasteiger partial charge in [-0.25, -0.2) is 8.42 Å². The fourth-order valence-corrected chi connectivity index (χ4v) is 2.81. The molecule has 7 heteroatoms. The molecule has 0 spiro atoms. The van der Waals surface area contributed by atoms with Crippen LogP contribution in [0.15, 0.2) is 53.4 Å². The summed E-state index contributed by atoms with van der Waals surface area (Å²) in [6.07, 6.45) is 1.06. The van der Waals surface area contributed by atoms with Crippen molar-refractivity contribution in [3.63, 3.8) is 0 Å². The van der Waals surface area contributed by atoms with E-state index in [1.165, 1.54) is 12.1 Å². The smallest absolute Gasteiger partial charge is 0.256 e. The first kappa shape index (κ1) is 16.5. The molecular weight excluding hydrogens is 316 g/mol.